The molecule has 0 aliphatic heterocycles. The topological polar surface area (TPSA) is 58.0 Å². The van der Waals surface area contributed by atoms with Gasteiger partial charge >= 0.3 is 0 Å². The van der Waals surface area contributed by atoms with Gasteiger partial charge in [0.05, 0.1) is 22.4 Å². The lowest BCUT2D eigenvalue weighted by molar-refractivity contribution is 0.660. The number of para-hydroxylation sites is 2. The van der Waals surface area contributed by atoms with Crippen molar-refractivity contribution < 1.29 is 0 Å². The molecule has 6 heteroatoms. The molecule has 0 unspecified atom stereocenters. The zero-order valence-corrected chi connectivity index (χ0v) is 47.4. The number of benzene rings is 8. The number of pyridine rings is 4. The first-order valence-corrected chi connectivity index (χ1v) is 28.7. The summed E-state index contributed by atoms with van der Waals surface area (Å²) in [5, 5.41) is 2.24. The summed E-state index contributed by atoms with van der Waals surface area (Å²) >= 11 is 0. The second-order valence-electron chi connectivity index (χ2n) is 24.0. The Kier molecular flexibility index (Phi) is 11.5. The first-order chi connectivity index (χ1) is 40.4. The standard InChI is InChI=1S/C77H60N6/c1-75(2)65-43-49(15-17-51-21-29-61-63-31-25-57(47-69(63)76(3,4)67(61)45-51)82(55-35-39-78-40-36-55)73-33-23-53-11-7-9-13-71(53)80-73)19-27-59(65)60-28-20-50(44-66(60)75)16-18-52-22-30-62-64-32-26-58(48-70(64)77(5,6)68(62)46-52)83(56-37-41-79-42-38-56)74-34-24-54-12-8-10-14-72(54)81-74/h7-48H,1-6H3. The first kappa shape index (κ1) is 50.0. The van der Waals surface area contributed by atoms with Gasteiger partial charge in [0, 0.05) is 63.2 Å². The molecule has 4 aromatic heterocycles. The van der Waals surface area contributed by atoms with Crippen molar-refractivity contribution in [1.29, 1.82) is 0 Å². The summed E-state index contributed by atoms with van der Waals surface area (Å²) in [6, 6.07) is 75.0. The maximum Gasteiger partial charge on any atom is 0.138 e. The SMILES string of the molecule is CC1(C)c2cc(C=Cc3ccc4c(c3)C(C)(C)c3cc(N(c5ccncc5)c5ccc6ccccc6n5)ccc3-4)ccc2-c2ccc(C=Cc3ccc4c(c3)C(C)(C)c3cc(N(c5ccncc5)c5ccc6ccccc6n5)ccc3-4)cc21. The third-order valence-corrected chi connectivity index (χ3v) is 18.0. The maximum atomic E-state index is 5.14. The predicted molar refractivity (Wildman–Crippen MR) is 345 cm³/mol. The van der Waals surface area contributed by atoms with Crippen LogP contribution in [0.15, 0.2) is 231 Å². The minimum Gasteiger partial charge on any atom is -0.295 e. The number of anilines is 6. The number of aromatic nitrogens is 4. The predicted octanol–water partition coefficient (Wildman–Crippen LogP) is 19.8. The molecule has 0 saturated heterocycles. The monoisotopic (exact) mass is 1070 g/mol. The summed E-state index contributed by atoms with van der Waals surface area (Å²) in [6.45, 7) is 14.2. The van der Waals surface area contributed by atoms with Crippen molar-refractivity contribution in [2.24, 2.45) is 0 Å². The molecule has 3 aliphatic carbocycles. The lowest BCUT2D eigenvalue weighted by atomic mass is 9.81. The fourth-order valence-corrected chi connectivity index (χ4v) is 13.5. The van der Waals surface area contributed by atoms with Crippen molar-refractivity contribution in [3.63, 3.8) is 0 Å². The van der Waals surface area contributed by atoms with Crippen LogP contribution in [-0.2, 0) is 16.2 Å². The highest BCUT2D eigenvalue weighted by Crippen LogP contribution is 2.54. The fourth-order valence-electron chi connectivity index (χ4n) is 13.5. The van der Waals surface area contributed by atoms with E-state index in [1.54, 1.807) is 0 Å². The van der Waals surface area contributed by atoms with Gasteiger partial charge in [-0.1, -0.05) is 187 Å². The molecule has 4 heterocycles. The highest BCUT2D eigenvalue weighted by molar-refractivity contribution is 5.91. The quantitative estimate of drug-likeness (QED) is 0.127. The Morgan fingerprint density at radius 2 is 0.590 bits per heavy atom. The Labute approximate surface area is 485 Å². The van der Waals surface area contributed by atoms with Crippen molar-refractivity contribution >= 4 is 80.5 Å². The van der Waals surface area contributed by atoms with Gasteiger partial charge in [-0.2, -0.15) is 0 Å². The van der Waals surface area contributed by atoms with Gasteiger partial charge in [-0.25, -0.2) is 9.97 Å². The molecule has 8 aromatic carbocycles. The van der Waals surface area contributed by atoms with Crippen molar-refractivity contribution in [1.82, 2.24) is 19.9 Å². The Bertz CT molecular complexity index is 4370. The molecule has 0 fully saturated rings. The second kappa shape index (κ2) is 19.0. The highest BCUT2D eigenvalue weighted by atomic mass is 15.2. The summed E-state index contributed by atoms with van der Waals surface area (Å²) in [6.07, 6.45) is 16.5. The maximum absolute atomic E-state index is 5.14. The van der Waals surface area contributed by atoms with Crippen LogP contribution in [0.2, 0.25) is 0 Å². The molecule has 398 valence electrons. The van der Waals surface area contributed by atoms with E-state index in [2.05, 4.69) is 255 Å². The number of fused-ring (bicyclic) bond motifs is 11. The Morgan fingerprint density at radius 1 is 0.289 bits per heavy atom. The van der Waals surface area contributed by atoms with Crippen LogP contribution in [0.4, 0.5) is 34.4 Å². The summed E-state index contributed by atoms with van der Waals surface area (Å²) in [4.78, 5) is 23.4. The largest absolute Gasteiger partial charge is 0.295 e. The summed E-state index contributed by atoms with van der Waals surface area (Å²) in [7, 11) is 0. The minimum atomic E-state index is -0.220. The van der Waals surface area contributed by atoms with Crippen LogP contribution in [-0.4, -0.2) is 19.9 Å². The van der Waals surface area contributed by atoms with Crippen molar-refractivity contribution in [2.75, 3.05) is 9.80 Å². The van der Waals surface area contributed by atoms with Gasteiger partial charge in [0.2, 0.25) is 0 Å². The van der Waals surface area contributed by atoms with Crippen LogP contribution in [0.1, 0.15) is 97.2 Å². The number of hydrogen-bond donors (Lipinski definition) is 0. The first-order valence-electron chi connectivity index (χ1n) is 28.7. The summed E-state index contributed by atoms with van der Waals surface area (Å²) < 4.78 is 0. The van der Waals surface area contributed by atoms with E-state index in [1.165, 1.54) is 89.0 Å². The molecule has 0 atom stereocenters. The van der Waals surface area contributed by atoms with E-state index in [9.17, 15) is 0 Å². The highest BCUT2D eigenvalue weighted by Gasteiger charge is 2.39. The van der Waals surface area contributed by atoms with Crippen LogP contribution in [0.3, 0.4) is 0 Å². The van der Waals surface area contributed by atoms with Gasteiger partial charge in [-0.15, -0.1) is 0 Å². The molecule has 0 N–H and O–H groups in total. The molecule has 0 bridgehead atoms. The van der Waals surface area contributed by atoms with Crippen molar-refractivity contribution in [3.8, 4) is 33.4 Å². The molecule has 0 amide bonds. The van der Waals surface area contributed by atoms with Crippen LogP contribution >= 0.6 is 0 Å². The molecule has 0 radical (unpaired) electrons. The van der Waals surface area contributed by atoms with Gasteiger partial charge in [0.1, 0.15) is 11.6 Å². The normalized spacial score (nSPS) is 14.6. The van der Waals surface area contributed by atoms with Crippen molar-refractivity contribution in [2.45, 2.75) is 57.8 Å². The lowest BCUT2D eigenvalue weighted by Crippen LogP contribution is -2.17. The van der Waals surface area contributed by atoms with Gasteiger partial charge in [0.25, 0.3) is 0 Å². The van der Waals surface area contributed by atoms with Crippen molar-refractivity contribution in [3.05, 3.63) is 287 Å². The van der Waals surface area contributed by atoms with E-state index in [0.29, 0.717) is 0 Å². The van der Waals surface area contributed by atoms with Gasteiger partial charge in [-0.05, 0) is 174 Å². The summed E-state index contributed by atoms with van der Waals surface area (Å²) in [5.74, 6) is 1.74. The van der Waals surface area contributed by atoms with Gasteiger partial charge in [0.15, 0.2) is 0 Å². The van der Waals surface area contributed by atoms with E-state index in [4.69, 9.17) is 9.97 Å². The third-order valence-electron chi connectivity index (χ3n) is 18.0. The number of hydrogen-bond acceptors (Lipinski definition) is 6. The molecule has 0 saturated carbocycles. The number of nitrogens with zero attached hydrogens (tertiary/aromatic N) is 6. The summed E-state index contributed by atoms with van der Waals surface area (Å²) in [5.41, 5.74) is 26.0. The van der Waals surface area contributed by atoms with E-state index >= 15 is 0 Å². The third kappa shape index (κ3) is 8.30. The van der Waals surface area contributed by atoms with E-state index in [0.717, 1.165) is 56.2 Å². The van der Waals surface area contributed by atoms with Crippen LogP contribution < -0.4 is 9.80 Å². The zero-order chi connectivity index (χ0) is 56.2. The van der Waals surface area contributed by atoms with E-state index in [-0.39, 0.29) is 16.2 Å². The lowest BCUT2D eigenvalue weighted by Gasteiger charge is -2.27. The minimum absolute atomic E-state index is 0.169. The van der Waals surface area contributed by atoms with Crippen LogP contribution in [0.5, 0.6) is 0 Å². The van der Waals surface area contributed by atoms with Crippen LogP contribution in [0, 0.1) is 0 Å². The zero-order valence-electron chi connectivity index (χ0n) is 47.4. The Hall–Kier alpha value is -10.0. The smallest absolute Gasteiger partial charge is 0.138 e. The number of rotatable bonds is 10. The molecule has 12 aromatic rings. The average molecular weight is 1070 g/mol. The molecular weight excluding hydrogens is 1010 g/mol. The van der Waals surface area contributed by atoms with Crippen LogP contribution in [0.25, 0.3) is 79.5 Å². The fraction of sp³-hybridized carbons (Fsp3) is 0.117. The molecular formula is C77H60N6. The van der Waals surface area contributed by atoms with Gasteiger partial charge < -0.3 is 0 Å². The molecule has 3 aliphatic rings. The Balaban J connectivity index is 0.665. The van der Waals surface area contributed by atoms with E-state index < -0.39 is 0 Å². The molecule has 83 heavy (non-hydrogen) atoms. The van der Waals surface area contributed by atoms with Gasteiger partial charge in [-0.3, -0.25) is 19.8 Å². The molecule has 15 rings (SSSR count). The molecule has 0 spiro atoms. The van der Waals surface area contributed by atoms with E-state index in [1.807, 2.05) is 61.2 Å². The average Bonchev–Trinajstić information content (AvgIpc) is 4.02. The Morgan fingerprint density at radius 3 is 0.928 bits per heavy atom. The molecule has 6 nitrogen and oxygen atoms in total. The second-order valence-corrected chi connectivity index (χ2v) is 24.0.